The van der Waals surface area contributed by atoms with E-state index < -0.39 is 66.6 Å². The number of carbonyl (C=O) groups excluding carboxylic acids is 2. The summed E-state index contributed by atoms with van der Waals surface area (Å²) in [7, 11) is 1.58. The van der Waals surface area contributed by atoms with Gasteiger partial charge in [-0.15, -0.1) is 0 Å². The molecule has 0 radical (unpaired) electrons. The molecule has 5 saturated heterocycles. The molecule has 280 valence electrons. The molecule has 5 aliphatic heterocycles. The number of urea groups is 1. The second-order valence-electron chi connectivity index (χ2n) is 16.7. The zero-order valence-electron chi connectivity index (χ0n) is 30.3. The molecule has 13 unspecified atom stereocenters. The van der Waals surface area contributed by atoms with E-state index in [4.69, 9.17) is 14.2 Å². The molecule has 0 aromatic rings. The molecule has 14 heteroatoms. The third kappa shape index (κ3) is 7.28. The van der Waals surface area contributed by atoms with Crippen LogP contribution in [0.1, 0.15) is 73.6 Å². The molecule has 2 bridgehead atoms. The number of aliphatic hydroxyl groups is 1. The van der Waals surface area contributed by atoms with Crippen LogP contribution >= 0.6 is 0 Å². The van der Waals surface area contributed by atoms with Gasteiger partial charge in [0.2, 0.25) is 0 Å². The number of alkyl halides is 2. The van der Waals surface area contributed by atoms with E-state index in [-0.39, 0.29) is 55.0 Å². The van der Waals surface area contributed by atoms with Crippen molar-refractivity contribution in [2.24, 2.45) is 23.7 Å². The van der Waals surface area contributed by atoms with Crippen LogP contribution in [0, 0.1) is 23.7 Å². The van der Waals surface area contributed by atoms with Gasteiger partial charge in [-0.05, 0) is 72.3 Å². The van der Waals surface area contributed by atoms with Crippen LogP contribution in [0.3, 0.4) is 0 Å². The Kier molecular flexibility index (Phi) is 11.0. The number of methoxy groups -OCH3 is 1. The highest BCUT2D eigenvalue weighted by molar-refractivity contribution is 5.76. The predicted octanol–water partition coefficient (Wildman–Crippen LogP) is 2.84. The second kappa shape index (κ2) is 14.7. The first-order valence-corrected chi connectivity index (χ1v) is 18.6. The molecule has 1 aliphatic carbocycles. The van der Waals surface area contributed by atoms with Crippen molar-refractivity contribution in [3.63, 3.8) is 0 Å². The van der Waals surface area contributed by atoms with E-state index in [9.17, 15) is 14.7 Å². The van der Waals surface area contributed by atoms with Crippen molar-refractivity contribution in [2.75, 3.05) is 39.9 Å². The lowest BCUT2D eigenvalue weighted by molar-refractivity contribution is -0.161. The topological polar surface area (TPSA) is 128 Å². The Morgan fingerprint density at radius 3 is 2.51 bits per heavy atom. The van der Waals surface area contributed by atoms with Gasteiger partial charge in [0, 0.05) is 62.6 Å². The first-order valence-electron chi connectivity index (χ1n) is 18.6. The van der Waals surface area contributed by atoms with E-state index in [1.165, 1.54) is 0 Å². The molecule has 6 rings (SSSR count). The summed E-state index contributed by atoms with van der Waals surface area (Å²) in [6.45, 7) is 13.7. The number of nitrogens with zero attached hydrogens (tertiary/aromatic N) is 3. The Labute approximate surface area is 290 Å². The van der Waals surface area contributed by atoms with Gasteiger partial charge >= 0.3 is 12.1 Å². The number of nitrogens with one attached hydrogen (secondary N) is 3. The van der Waals surface area contributed by atoms with Crippen molar-refractivity contribution < 1.29 is 37.7 Å². The first kappa shape index (κ1) is 36.9. The quantitative estimate of drug-likeness (QED) is 0.352. The Morgan fingerprint density at radius 1 is 1.08 bits per heavy atom. The van der Waals surface area contributed by atoms with Gasteiger partial charge in [0.1, 0.15) is 24.0 Å². The summed E-state index contributed by atoms with van der Waals surface area (Å²) in [5, 5.41) is 22.1. The normalized spacial score (nSPS) is 43.9. The SMILES string of the molecule is COC1C(O)COC2CCCC(F)C2C2NC3C(CC2F)C(N2CCN(C(=O)OC(C)(C)C)C[C@@H]2C)NC(=O)N3C2C1CCNC2C(C)C. The van der Waals surface area contributed by atoms with Gasteiger partial charge in [0.15, 0.2) is 0 Å². The van der Waals surface area contributed by atoms with E-state index in [0.29, 0.717) is 51.9 Å². The van der Waals surface area contributed by atoms with Gasteiger partial charge < -0.3 is 39.8 Å². The average Bonchev–Trinajstić information content (AvgIpc) is 3.03. The molecule has 6 fully saturated rings. The van der Waals surface area contributed by atoms with Crippen LogP contribution < -0.4 is 16.0 Å². The summed E-state index contributed by atoms with van der Waals surface area (Å²) in [5.41, 5.74) is -0.620. The zero-order valence-corrected chi connectivity index (χ0v) is 30.3. The first-order chi connectivity index (χ1) is 23.2. The lowest BCUT2D eigenvalue weighted by atomic mass is 9.71. The molecule has 3 amide bonds. The number of aliphatic hydroxyl groups excluding tert-OH is 1. The largest absolute Gasteiger partial charge is 0.444 e. The fourth-order valence-corrected chi connectivity index (χ4v) is 9.92. The van der Waals surface area contributed by atoms with Crippen molar-refractivity contribution in [2.45, 2.75) is 146 Å². The lowest BCUT2D eigenvalue weighted by Crippen LogP contribution is -2.80. The van der Waals surface area contributed by atoms with Crippen LogP contribution in [0.15, 0.2) is 0 Å². The monoisotopic (exact) mass is 698 g/mol. The number of rotatable bonds is 3. The van der Waals surface area contributed by atoms with E-state index >= 15 is 8.78 Å². The van der Waals surface area contributed by atoms with Crippen LogP contribution in [-0.2, 0) is 14.2 Å². The third-order valence-electron chi connectivity index (χ3n) is 12.0. The molecule has 14 atom stereocenters. The van der Waals surface area contributed by atoms with Crippen molar-refractivity contribution in [1.29, 1.82) is 0 Å². The Morgan fingerprint density at radius 2 is 1.84 bits per heavy atom. The van der Waals surface area contributed by atoms with Gasteiger partial charge in [-0.1, -0.05) is 13.8 Å². The molecule has 12 nitrogen and oxygen atoms in total. The van der Waals surface area contributed by atoms with Gasteiger partial charge in [0.25, 0.3) is 0 Å². The van der Waals surface area contributed by atoms with Crippen LogP contribution in [0.5, 0.6) is 0 Å². The fourth-order valence-electron chi connectivity index (χ4n) is 9.92. The van der Waals surface area contributed by atoms with Crippen LogP contribution in [0.4, 0.5) is 18.4 Å². The maximum atomic E-state index is 16.7. The average molecular weight is 699 g/mol. The second-order valence-corrected chi connectivity index (χ2v) is 16.7. The molecule has 0 spiro atoms. The summed E-state index contributed by atoms with van der Waals surface area (Å²) >= 11 is 0. The van der Waals surface area contributed by atoms with Gasteiger partial charge in [-0.25, -0.2) is 18.4 Å². The number of piperidine rings is 2. The van der Waals surface area contributed by atoms with Crippen LogP contribution in [-0.4, -0.2) is 145 Å². The minimum Gasteiger partial charge on any atom is -0.444 e. The molecule has 5 heterocycles. The minimum atomic E-state index is -1.38. The highest BCUT2D eigenvalue weighted by atomic mass is 19.1. The molecular formula is C35H60F2N6O6. The Hall–Kier alpha value is -1.84. The molecule has 0 aromatic heterocycles. The number of hydrogen-bond donors (Lipinski definition) is 4. The Bertz CT molecular complexity index is 1180. The fraction of sp³-hybridized carbons (Fsp3) is 0.943. The smallest absolute Gasteiger partial charge is 0.410 e. The number of carbonyl (C=O) groups is 2. The van der Waals surface area contributed by atoms with Crippen molar-refractivity contribution in [3.8, 4) is 0 Å². The third-order valence-corrected chi connectivity index (χ3v) is 12.0. The molecular weight excluding hydrogens is 638 g/mol. The number of piperazine rings is 1. The summed E-state index contributed by atoms with van der Waals surface area (Å²) in [6, 6.07) is -1.83. The van der Waals surface area contributed by atoms with Gasteiger partial charge in [0.05, 0.1) is 37.2 Å². The summed E-state index contributed by atoms with van der Waals surface area (Å²) in [4.78, 5) is 33.3. The highest BCUT2D eigenvalue weighted by Crippen LogP contribution is 2.44. The molecule has 0 aromatic carbocycles. The van der Waals surface area contributed by atoms with Crippen LogP contribution in [0.2, 0.25) is 0 Å². The number of amides is 3. The maximum Gasteiger partial charge on any atom is 0.410 e. The minimum absolute atomic E-state index is 0.0491. The number of ether oxygens (including phenoxy) is 3. The summed E-state index contributed by atoms with van der Waals surface area (Å²) in [5.74, 6) is -1.26. The van der Waals surface area contributed by atoms with Crippen LogP contribution in [0.25, 0.3) is 0 Å². The van der Waals surface area contributed by atoms with E-state index in [2.05, 4.69) is 34.7 Å². The van der Waals surface area contributed by atoms with Crippen molar-refractivity contribution in [3.05, 3.63) is 0 Å². The van der Waals surface area contributed by atoms with Gasteiger partial charge in [-0.3, -0.25) is 10.2 Å². The molecule has 4 N–H and O–H groups in total. The van der Waals surface area contributed by atoms with Crippen molar-refractivity contribution in [1.82, 2.24) is 30.7 Å². The molecule has 1 saturated carbocycles. The molecule has 6 aliphatic rings. The molecule has 49 heavy (non-hydrogen) atoms. The van der Waals surface area contributed by atoms with Gasteiger partial charge in [-0.2, -0.15) is 0 Å². The highest BCUT2D eigenvalue weighted by Gasteiger charge is 2.59. The van der Waals surface area contributed by atoms with E-state index in [1.807, 2.05) is 32.6 Å². The predicted molar refractivity (Wildman–Crippen MR) is 179 cm³/mol. The maximum absolute atomic E-state index is 16.7. The van der Waals surface area contributed by atoms with E-state index in [1.54, 1.807) is 12.0 Å². The Balaban J connectivity index is 1.38. The standard InChI is InChI=1S/C35H60F2N6O6/c1-18(2)27-29-20(11-12-38-27)30(47-7)24(44)17-48-25-10-8-9-22(36)26(25)28-23(37)15-21-31(40-33(45)43(29)32(21)39-28)42-14-13-41(16-19(42)3)34(46)49-35(4,5)6/h18-32,38-39,44H,8-17H2,1-7H3,(H,40,45)/t19-,20?,21?,22?,23?,24?,25?,26?,27?,28?,29?,30?,31?,32?/m0/s1. The van der Waals surface area contributed by atoms with Crippen molar-refractivity contribution >= 4 is 12.1 Å². The van der Waals surface area contributed by atoms with E-state index in [0.717, 1.165) is 0 Å². The zero-order chi connectivity index (χ0) is 35.4. The number of hydrogen-bond acceptors (Lipinski definition) is 9. The number of halogens is 2. The summed E-state index contributed by atoms with van der Waals surface area (Å²) in [6.07, 6.45) is -4.05. The lowest BCUT2D eigenvalue weighted by Gasteiger charge is -2.60. The number of fused-ring (bicyclic) bond motifs is 5. The summed E-state index contributed by atoms with van der Waals surface area (Å²) < 4.78 is 50.6.